The molecule has 0 spiro atoms. The molecule has 3 aromatic rings. The number of rotatable bonds is 4. The minimum atomic E-state index is -0.392. The number of aromatic hydroxyl groups is 1. The summed E-state index contributed by atoms with van der Waals surface area (Å²) in [7, 11) is 0. The number of carbonyl (C=O) groups is 1. The molecule has 2 aromatic carbocycles. The number of phenolic OH excluding ortho intramolecular Hbond substituents is 1. The highest BCUT2D eigenvalue weighted by Crippen LogP contribution is 2.27. The molecular formula is C20H16ClI2N3O2. The Hall–Kier alpha value is -1.59. The van der Waals surface area contributed by atoms with E-state index in [1.807, 2.05) is 77.2 Å². The molecule has 0 saturated carbocycles. The standard InChI is InChI=1S/C20H16ClI2N3O2/c1-11-3-4-12(2)26(11)14-5-6-15(16(21)9-14)20(28)25-24-10-13-7-17(22)19(27)18(23)8-13/h3-10,27H,1-2H3,(H,25,28)/b24-10-. The summed E-state index contributed by atoms with van der Waals surface area (Å²) in [6.45, 7) is 4.03. The number of aryl methyl sites for hydroxylation is 2. The highest BCUT2D eigenvalue weighted by Gasteiger charge is 2.12. The molecule has 1 heterocycles. The number of aromatic nitrogens is 1. The lowest BCUT2D eigenvalue weighted by atomic mass is 10.2. The molecule has 0 atom stereocenters. The van der Waals surface area contributed by atoms with Crippen LogP contribution >= 0.6 is 56.8 Å². The number of hydrogen-bond acceptors (Lipinski definition) is 3. The van der Waals surface area contributed by atoms with Gasteiger partial charge in [0, 0.05) is 17.1 Å². The van der Waals surface area contributed by atoms with Crippen LogP contribution in [0.2, 0.25) is 5.02 Å². The van der Waals surface area contributed by atoms with E-state index in [2.05, 4.69) is 15.1 Å². The van der Waals surface area contributed by atoms with Crippen molar-refractivity contribution in [3.63, 3.8) is 0 Å². The van der Waals surface area contributed by atoms with Crippen molar-refractivity contribution in [2.75, 3.05) is 0 Å². The Morgan fingerprint density at radius 3 is 2.29 bits per heavy atom. The van der Waals surface area contributed by atoms with Gasteiger partial charge in [0.2, 0.25) is 0 Å². The van der Waals surface area contributed by atoms with Crippen LogP contribution < -0.4 is 5.43 Å². The van der Waals surface area contributed by atoms with Gasteiger partial charge < -0.3 is 9.67 Å². The highest BCUT2D eigenvalue weighted by molar-refractivity contribution is 14.1. The molecule has 1 amide bonds. The van der Waals surface area contributed by atoms with Crippen LogP contribution in [-0.4, -0.2) is 21.8 Å². The number of hydrogen-bond donors (Lipinski definition) is 2. The third-order valence-corrected chi connectivity index (χ3v) is 6.10. The molecule has 0 unspecified atom stereocenters. The Morgan fingerprint density at radius 2 is 1.71 bits per heavy atom. The van der Waals surface area contributed by atoms with Gasteiger partial charge in [-0.15, -0.1) is 0 Å². The average Bonchev–Trinajstić information content (AvgIpc) is 2.97. The lowest BCUT2D eigenvalue weighted by Gasteiger charge is -2.11. The summed E-state index contributed by atoms with van der Waals surface area (Å²) in [5, 5.41) is 14.2. The fraction of sp³-hybridized carbons (Fsp3) is 0.100. The van der Waals surface area contributed by atoms with E-state index in [4.69, 9.17) is 11.6 Å². The molecule has 5 nitrogen and oxygen atoms in total. The van der Waals surface area contributed by atoms with Crippen molar-refractivity contribution < 1.29 is 9.90 Å². The van der Waals surface area contributed by atoms with Gasteiger partial charge in [0.1, 0.15) is 5.75 Å². The third-order valence-electron chi connectivity index (χ3n) is 4.15. The second-order valence-electron chi connectivity index (χ2n) is 6.15. The van der Waals surface area contributed by atoms with Gasteiger partial charge >= 0.3 is 0 Å². The van der Waals surface area contributed by atoms with Crippen LogP contribution in [0.15, 0.2) is 47.6 Å². The quantitative estimate of drug-likeness (QED) is 0.233. The van der Waals surface area contributed by atoms with Gasteiger partial charge in [0.25, 0.3) is 5.91 Å². The molecular weight excluding hydrogens is 603 g/mol. The largest absolute Gasteiger partial charge is 0.506 e. The predicted molar refractivity (Wildman–Crippen MR) is 129 cm³/mol. The number of phenols is 1. The number of nitrogens with one attached hydrogen (secondary N) is 1. The van der Waals surface area contributed by atoms with Gasteiger partial charge in [-0.05, 0) is 107 Å². The Labute approximate surface area is 195 Å². The average molecular weight is 620 g/mol. The smallest absolute Gasteiger partial charge is 0.272 e. The van der Waals surface area contributed by atoms with E-state index >= 15 is 0 Å². The number of halogens is 3. The van der Waals surface area contributed by atoms with Crippen LogP contribution in [0, 0.1) is 21.0 Å². The van der Waals surface area contributed by atoms with E-state index in [9.17, 15) is 9.90 Å². The van der Waals surface area contributed by atoms with E-state index in [-0.39, 0.29) is 5.75 Å². The van der Waals surface area contributed by atoms with Crippen LogP contribution in [0.1, 0.15) is 27.3 Å². The van der Waals surface area contributed by atoms with Crippen LogP contribution in [0.3, 0.4) is 0 Å². The van der Waals surface area contributed by atoms with E-state index < -0.39 is 5.91 Å². The maximum absolute atomic E-state index is 12.4. The summed E-state index contributed by atoms with van der Waals surface area (Å²) in [5.41, 5.74) is 6.69. The number of carbonyl (C=O) groups excluding carboxylic acids is 1. The minimum absolute atomic E-state index is 0.238. The number of amides is 1. The molecule has 0 saturated heterocycles. The number of nitrogens with zero attached hydrogens (tertiary/aromatic N) is 2. The molecule has 28 heavy (non-hydrogen) atoms. The second-order valence-corrected chi connectivity index (χ2v) is 8.88. The number of benzene rings is 2. The molecule has 8 heteroatoms. The molecule has 3 rings (SSSR count). The molecule has 0 aliphatic heterocycles. The second kappa shape index (κ2) is 8.83. The SMILES string of the molecule is Cc1ccc(C)n1-c1ccc(C(=O)N/N=C\c2cc(I)c(O)c(I)c2)c(Cl)c1. The van der Waals surface area contributed by atoms with Gasteiger partial charge in [-0.2, -0.15) is 5.10 Å². The summed E-state index contributed by atoms with van der Waals surface area (Å²) in [6.07, 6.45) is 1.52. The van der Waals surface area contributed by atoms with E-state index in [1.165, 1.54) is 6.21 Å². The third kappa shape index (κ3) is 4.52. The van der Waals surface area contributed by atoms with Gasteiger partial charge in [-0.3, -0.25) is 4.79 Å². The Morgan fingerprint density at radius 1 is 1.11 bits per heavy atom. The zero-order chi connectivity index (χ0) is 20.4. The summed E-state index contributed by atoms with van der Waals surface area (Å²) < 4.78 is 3.50. The minimum Gasteiger partial charge on any atom is -0.506 e. The van der Waals surface area contributed by atoms with Gasteiger partial charge in [0.15, 0.2) is 0 Å². The van der Waals surface area contributed by atoms with Gasteiger partial charge in [0.05, 0.1) is 23.9 Å². The van der Waals surface area contributed by atoms with Gasteiger partial charge in [-0.1, -0.05) is 11.6 Å². The fourth-order valence-corrected chi connectivity index (χ4v) is 4.87. The van der Waals surface area contributed by atoms with Crippen molar-refractivity contribution in [3.8, 4) is 11.4 Å². The Balaban J connectivity index is 1.76. The molecule has 0 aliphatic carbocycles. The zero-order valence-electron chi connectivity index (χ0n) is 15.0. The molecule has 0 radical (unpaired) electrons. The lowest BCUT2D eigenvalue weighted by molar-refractivity contribution is 0.0955. The van der Waals surface area contributed by atoms with E-state index in [0.29, 0.717) is 17.7 Å². The monoisotopic (exact) mass is 619 g/mol. The molecule has 0 aliphatic rings. The van der Waals surface area contributed by atoms with Crippen molar-refractivity contribution in [3.05, 3.63) is 77.1 Å². The maximum Gasteiger partial charge on any atom is 0.272 e. The van der Waals surface area contributed by atoms with Crippen molar-refractivity contribution >= 4 is 68.9 Å². The highest BCUT2D eigenvalue weighted by atomic mass is 127. The first kappa shape index (κ1) is 21.1. The van der Waals surface area contributed by atoms with E-state index in [1.54, 1.807) is 24.3 Å². The molecule has 1 aromatic heterocycles. The summed E-state index contributed by atoms with van der Waals surface area (Å²) in [6, 6.07) is 12.9. The molecule has 0 fully saturated rings. The van der Waals surface area contributed by atoms with Crippen molar-refractivity contribution in [2.24, 2.45) is 5.10 Å². The van der Waals surface area contributed by atoms with Crippen LogP contribution in [0.5, 0.6) is 5.75 Å². The summed E-state index contributed by atoms with van der Waals surface area (Å²) >= 11 is 10.4. The van der Waals surface area contributed by atoms with E-state index in [0.717, 1.165) is 22.6 Å². The lowest BCUT2D eigenvalue weighted by Crippen LogP contribution is -2.18. The van der Waals surface area contributed by atoms with Crippen molar-refractivity contribution in [2.45, 2.75) is 13.8 Å². The zero-order valence-corrected chi connectivity index (χ0v) is 20.1. The van der Waals surface area contributed by atoms with Crippen LogP contribution in [-0.2, 0) is 0 Å². The Bertz CT molecular complexity index is 1050. The van der Waals surface area contributed by atoms with Crippen LogP contribution in [0.4, 0.5) is 0 Å². The van der Waals surface area contributed by atoms with Crippen LogP contribution in [0.25, 0.3) is 5.69 Å². The van der Waals surface area contributed by atoms with Crippen molar-refractivity contribution in [1.29, 1.82) is 0 Å². The number of hydrazone groups is 1. The van der Waals surface area contributed by atoms with Crippen molar-refractivity contribution in [1.82, 2.24) is 9.99 Å². The first-order chi connectivity index (χ1) is 13.3. The summed E-state index contributed by atoms with van der Waals surface area (Å²) in [4.78, 5) is 12.4. The molecule has 0 bridgehead atoms. The predicted octanol–water partition coefficient (Wildman–Crippen LogP) is 5.43. The van der Waals surface area contributed by atoms with Gasteiger partial charge in [-0.25, -0.2) is 5.43 Å². The molecule has 2 N–H and O–H groups in total. The first-order valence-corrected chi connectivity index (χ1v) is 10.8. The topological polar surface area (TPSA) is 66.6 Å². The maximum atomic E-state index is 12.4. The first-order valence-electron chi connectivity index (χ1n) is 8.24. The Kier molecular flexibility index (Phi) is 6.66. The summed E-state index contributed by atoms with van der Waals surface area (Å²) in [5.74, 6) is -0.153. The normalized spacial score (nSPS) is 11.2. The molecule has 144 valence electrons. The fourth-order valence-electron chi connectivity index (χ4n) is 2.79.